The normalized spacial score (nSPS) is 15.7. The van der Waals surface area contributed by atoms with Gasteiger partial charge in [0, 0.05) is 12.6 Å². The van der Waals surface area contributed by atoms with Gasteiger partial charge in [-0.3, -0.25) is 4.79 Å². The van der Waals surface area contributed by atoms with Crippen molar-refractivity contribution in [2.75, 3.05) is 6.54 Å². The molecule has 1 aliphatic carbocycles. The summed E-state index contributed by atoms with van der Waals surface area (Å²) >= 11 is 0. The SMILES string of the molecule is CCN(C(=O)Cc1ccc(C(=O)O)cc1)C1CCCCC1. The number of carbonyl (C=O) groups excluding carboxylic acids is 1. The van der Waals surface area contributed by atoms with E-state index in [0.717, 1.165) is 24.9 Å². The molecule has 0 unspecified atom stereocenters. The summed E-state index contributed by atoms with van der Waals surface area (Å²) in [5.74, 6) is -0.794. The third-order valence-corrected chi connectivity index (χ3v) is 4.23. The molecule has 4 nitrogen and oxygen atoms in total. The number of likely N-dealkylation sites (N-methyl/N-ethyl adjacent to an activating group) is 1. The van der Waals surface area contributed by atoms with Gasteiger partial charge < -0.3 is 10.0 Å². The van der Waals surface area contributed by atoms with E-state index in [-0.39, 0.29) is 11.5 Å². The third kappa shape index (κ3) is 4.06. The number of carboxylic acid groups (broad SMARTS) is 1. The lowest BCUT2D eigenvalue weighted by Crippen LogP contribution is -2.42. The molecule has 2 rings (SSSR count). The van der Waals surface area contributed by atoms with Crippen LogP contribution in [0.3, 0.4) is 0 Å². The second-order valence-corrected chi connectivity index (χ2v) is 5.65. The van der Waals surface area contributed by atoms with Crippen molar-refractivity contribution < 1.29 is 14.7 Å². The van der Waals surface area contributed by atoms with E-state index in [2.05, 4.69) is 0 Å². The molecule has 0 heterocycles. The predicted octanol–water partition coefficient (Wildman–Crippen LogP) is 3.11. The van der Waals surface area contributed by atoms with E-state index < -0.39 is 5.97 Å². The third-order valence-electron chi connectivity index (χ3n) is 4.23. The highest BCUT2D eigenvalue weighted by atomic mass is 16.4. The minimum Gasteiger partial charge on any atom is -0.478 e. The number of hydrogen-bond donors (Lipinski definition) is 1. The number of carbonyl (C=O) groups is 2. The number of benzene rings is 1. The lowest BCUT2D eigenvalue weighted by molar-refractivity contribution is -0.133. The number of rotatable bonds is 5. The fourth-order valence-electron chi connectivity index (χ4n) is 3.07. The highest BCUT2D eigenvalue weighted by Gasteiger charge is 2.23. The minimum atomic E-state index is -0.940. The van der Waals surface area contributed by atoms with E-state index >= 15 is 0 Å². The summed E-state index contributed by atoms with van der Waals surface area (Å²) < 4.78 is 0. The van der Waals surface area contributed by atoms with Gasteiger partial charge in [-0.1, -0.05) is 31.4 Å². The van der Waals surface area contributed by atoms with Crippen molar-refractivity contribution in [1.29, 1.82) is 0 Å². The molecule has 1 aromatic rings. The van der Waals surface area contributed by atoms with E-state index in [4.69, 9.17) is 5.11 Å². The summed E-state index contributed by atoms with van der Waals surface area (Å²) in [7, 11) is 0. The molecular formula is C17H23NO3. The van der Waals surface area contributed by atoms with Crippen molar-refractivity contribution in [3.8, 4) is 0 Å². The lowest BCUT2D eigenvalue weighted by atomic mass is 9.93. The van der Waals surface area contributed by atoms with Gasteiger partial charge in [-0.05, 0) is 37.5 Å². The monoisotopic (exact) mass is 289 g/mol. The Morgan fingerprint density at radius 1 is 1.14 bits per heavy atom. The lowest BCUT2D eigenvalue weighted by Gasteiger charge is -2.33. The molecule has 4 heteroatoms. The quantitative estimate of drug-likeness (QED) is 0.906. The Balaban J connectivity index is 1.99. The Bertz CT molecular complexity index is 489. The molecular weight excluding hydrogens is 266 g/mol. The summed E-state index contributed by atoms with van der Waals surface area (Å²) in [6, 6.07) is 6.96. The molecule has 1 saturated carbocycles. The average Bonchev–Trinajstić information content (AvgIpc) is 2.49. The average molecular weight is 289 g/mol. The molecule has 1 fully saturated rings. The van der Waals surface area contributed by atoms with Crippen LogP contribution in [0.5, 0.6) is 0 Å². The van der Waals surface area contributed by atoms with Crippen molar-refractivity contribution in [3.63, 3.8) is 0 Å². The zero-order valence-corrected chi connectivity index (χ0v) is 12.5. The second kappa shape index (κ2) is 7.25. The fourth-order valence-corrected chi connectivity index (χ4v) is 3.07. The van der Waals surface area contributed by atoms with Crippen LogP contribution in [0, 0.1) is 0 Å². The van der Waals surface area contributed by atoms with Gasteiger partial charge in [0.1, 0.15) is 0 Å². The Morgan fingerprint density at radius 2 is 1.76 bits per heavy atom. The minimum absolute atomic E-state index is 0.146. The van der Waals surface area contributed by atoms with Crippen LogP contribution in [0.2, 0.25) is 0 Å². The van der Waals surface area contributed by atoms with E-state index in [1.165, 1.54) is 19.3 Å². The summed E-state index contributed by atoms with van der Waals surface area (Å²) in [5, 5.41) is 8.88. The second-order valence-electron chi connectivity index (χ2n) is 5.65. The topological polar surface area (TPSA) is 57.6 Å². The zero-order valence-electron chi connectivity index (χ0n) is 12.5. The van der Waals surface area contributed by atoms with Crippen molar-refractivity contribution >= 4 is 11.9 Å². The first kappa shape index (κ1) is 15.5. The van der Waals surface area contributed by atoms with Gasteiger partial charge >= 0.3 is 5.97 Å². The number of nitrogens with zero attached hydrogens (tertiary/aromatic N) is 1. The van der Waals surface area contributed by atoms with Gasteiger partial charge in [0.05, 0.1) is 12.0 Å². The molecule has 21 heavy (non-hydrogen) atoms. The zero-order chi connectivity index (χ0) is 15.2. The maximum Gasteiger partial charge on any atom is 0.335 e. The van der Waals surface area contributed by atoms with Crippen LogP contribution in [0.15, 0.2) is 24.3 Å². The predicted molar refractivity (Wildman–Crippen MR) is 81.4 cm³/mol. The Kier molecular flexibility index (Phi) is 5.37. The molecule has 1 aromatic carbocycles. The molecule has 0 aliphatic heterocycles. The van der Waals surface area contributed by atoms with Crippen molar-refractivity contribution in [2.24, 2.45) is 0 Å². The van der Waals surface area contributed by atoms with Gasteiger partial charge in [-0.2, -0.15) is 0 Å². The summed E-state index contributed by atoms with van der Waals surface area (Å²) in [4.78, 5) is 25.3. The molecule has 0 aromatic heterocycles. The Morgan fingerprint density at radius 3 is 2.29 bits per heavy atom. The standard InChI is InChI=1S/C17H23NO3/c1-2-18(15-6-4-3-5-7-15)16(19)12-13-8-10-14(11-9-13)17(20)21/h8-11,15H,2-7,12H2,1H3,(H,20,21). The van der Waals surface area contributed by atoms with Gasteiger partial charge in [0.25, 0.3) is 0 Å². The maximum atomic E-state index is 12.5. The van der Waals surface area contributed by atoms with Crippen LogP contribution in [-0.4, -0.2) is 34.5 Å². The van der Waals surface area contributed by atoms with Crippen LogP contribution in [0.25, 0.3) is 0 Å². The molecule has 0 spiro atoms. The van der Waals surface area contributed by atoms with Crippen LogP contribution < -0.4 is 0 Å². The molecule has 0 atom stereocenters. The van der Waals surface area contributed by atoms with Gasteiger partial charge in [0.2, 0.25) is 5.91 Å². The first-order valence-electron chi connectivity index (χ1n) is 7.73. The number of amides is 1. The molecule has 114 valence electrons. The first-order valence-corrected chi connectivity index (χ1v) is 7.73. The molecule has 1 amide bonds. The van der Waals surface area contributed by atoms with Crippen LogP contribution in [0.4, 0.5) is 0 Å². The molecule has 0 bridgehead atoms. The molecule has 1 aliphatic rings. The first-order chi connectivity index (χ1) is 10.1. The highest BCUT2D eigenvalue weighted by Crippen LogP contribution is 2.23. The molecule has 1 N–H and O–H groups in total. The van der Waals surface area contributed by atoms with E-state index in [0.29, 0.717) is 12.5 Å². The van der Waals surface area contributed by atoms with Crippen molar-refractivity contribution in [2.45, 2.75) is 51.5 Å². The highest BCUT2D eigenvalue weighted by molar-refractivity contribution is 5.87. The van der Waals surface area contributed by atoms with Crippen molar-refractivity contribution in [3.05, 3.63) is 35.4 Å². The van der Waals surface area contributed by atoms with Gasteiger partial charge in [0.15, 0.2) is 0 Å². The number of carboxylic acids is 1. The smallest absolute Gasteiger partial charge is 0.335 e. The van der Waals surface area contributed by atoms with Crippen LogP contribution in [-0.2, 0) is 11.2 Å². The number of aromatic carboxylic acids is 1. The Hall–Kier alpha value is -1.84. The summed E-state index contributed by atoms with van der Waals surface area (Å²) in [5.41, 5.74) is 1.13. The van der Waals surface area contributed by atoms with Crippen LogP contribution >= 0.6 is 0 Å². The van der Waals surface area contributed by atoms with Crippen molar-refractivity contribution in [1.82, 2.24) is 4.90 Å². The largest absolute Gasteiger partial charge is 0.478 e. The maximum absolute atomic E-state index is 12.5. The summed E-state index contributed by atoms with van der Waals surface area (Å²) in [6.45, 7) is 2.77. The van der Waals surface area contributed by atoms with Crippen LogP contribution in [0.1, 0.15) is 54.9 Å². The van der Waals surface area contributed by atoms with E-state index in [9.17, 15) is 9.59 Å². The van der Waals surface area contributed by atoms with E-state index in [1.807, 2.05) is 11.8 Å². The fraction of sp³-hybridized carbons (Fsp3) is 0.529. The number of hydrogen-bond acceptors (Lipinski definition) is 2. The van der Waals surface area contributed by atoms with Gasteiger partial charge in [-0.15, -0.1) is 0 Å². The molecule has 0 radical (unpaired) electrons. The summed E-state index contributed by atoms with van der Waals surface area (Å²) in [6.07, 6.45) is 6.27. The Labute approximate surface area is 125 Å². The molecule has 0 saturated heterocycles. The van der Waals surface area contributed by atoms with Gasteiger partial charge in [-0.25, -0.2) is 4.79 Å². The van der Waals surface area contributed by atoms with E-state index in [1.54, 1.807) is 24.3 Å².